The van der Waals surface area contributed by atoms with Gasteiger partial charge < -0.3 is 0 Å². The van der Waals surface area contributed by atoms with Crippen molar-refractivity contribution in [1.29, 1.82) is 0 Å². The number of aryl methyl sites for hydroxylation is 1. The number of aromatic amines is 1. The molecular weight excluding hydrogens is 523 g/mol. The maximum Gasteiger partial charge on any atom is 0.199 e. The average Bonchev–Trinajstić information content (AvgIpc) is 3.69. The van der Waals surface area contributed by atoms with Crippen molar-refractivity contribution in [3.63, 3.8) is 0 Å². The second kappa shape index (κ2) is 10.5. The number of benzene rings is 4. The topological polar surface area (TPSA) is 72.3 Å². The van der Waals surface area contributed by atoms with E-state index >= 15 is 0 Å². The maximum absolute atomic E-state index is 14.6. The van der Waals surface area contributed by atoms with Crippen LogP contribution in [0.25, 0.3) is 33.8 Å². The van der Waals surface area contributed by atoms with E-state index in [0.717, 1.165) is 34.5 Å². The summed E-state index contributed by atoms with van der Waals surface area (Å²) in [7, 11) is 0. The Morgan fingerprint density at radius 1 is 0.714 bits per heavy atom. The van der Waals surface area contributed by atoms with Crippen molar-refractivity contribution in [2.24, 2.45) is 0 Å². The molecule has 0 radical (unpaired) electrons. The Hall–Kier alpha value is -5.43. The minimum atomic E-state index is -0.864. The first kappa shape index (κ1) is 25.5. The maximum atomic E-state index is 14.6. The predicted octanol–water partition coefficient (Wildman–Crippen LogP) is 7.43. The Morgan fingerprint density at radius 2 is 1.33 bits per heavy atom. The summed E-state index contributed by atoms with van der Waals surface area (Å²) in [6, 6.07) is 41.4. The van der Waals surface area contributed by atoms with Gasteiger partial charge in [0.1, 0.15) is 34.1 Å². The Bertz CT molecular complexity index is 1880. The Labute approximate surface area is 242 Å². The third kappa shape index (κ3) is 4.18. The van der Waals surface area contributed by atoms with Crippen LogP contribution in [0.15, 0.2) is 127 Å². The number of fused-ring (bicyclic) bond motifs is 1. The molecule has 0 amide bonds. The van der Waals surface area contributed by atoms with Crippen LogP contribution in [0.1, 0.15) is 29.4 Å². The van der Waals surface area contributed by atoms with Gasteiger partial charge in [0.25, 0.3) is 0 Å². The molecule has 0 aliphatic heterocycles. The minimum Gasteiger partial charge on any atom is -0.263 e. The molecule has 7 rings (SSSR count). The summed E-state index contributed by atoms with van der Waals surface area (Å²) in [5.41, 5.74) is 5.47. The molecule has 0 unspecified atom stereocenters. The fraction of sp³-hybridized carbons (Fsp3) is 0.0857. The van der Waals surface area contributed by atoms with Gasteiger partial charge in [0.05, 0.1) is 5.52 Å². The van der Waals surface area contributed by atoms with Crippen LogP contribution in [0, 0.1) is 5.82 Å². The van der Waals surface area contributed by atoms with Crippen molar-refractivity contribution in [3.8, 4) is 22.8 Å². The summed E-state index contributed by atoms with van der Waals surface area (Å²) >= 11 is 0. The zero-order valence-corrected chi connectivity index (χ0v) is 22.9. The highest BCUT2D eigenvalue weighted by atomic mass is 19.1. The Morgan fingerprint density at radius 3 is 1.88 bits per heavy atom. The molecule has 6 nitrogen and oxygen atoms in total. The van der Waals surface area contributed by atoms with Crippen molar-refractivity contribution < 1.29 is 4.39 Å². The lowest BCUT2D eigenvalue weighted by atomic mass is 9.77. The number of halogens is 1. The smallest absolute Gasteiger partial charge is 0.199 e. The molecule has 0 spiro atoms. The number of aromatic nitrogens is 6. The summed E-state index contributed by atoms with van der Waals surface area (Å²) in [6.45, 7) is 2.02. The summed E-state index contributed by atoms with van der Waals surface area (Å²) in [6.07, 6.45) is 0.732. The van der Waals surface area contributed by atoms with Gasteiger partial charge in [0, 0.05) is 12.0 Å². The first-order valence-corrected chi connectivity index (χ1v) is 13.9. The normalized spacial score (nSPS) is 11.7. The molecule has 7 aromatic rings. The second-order valence-corrected chi connectivity index (χ2v) is 10.1. The Kier molecular flexibility index (Phi) is 6.39. The number of hydrogen-bond acceptors (Lipinski definition) is 4. The van der Waals surface area contributed by atoms with Crippen LogP contribution in [0.5, 0.6) is 0 Å². The molecule has 0 fully saturated rings. The lowest BCUT2D eigenvalue weighted by Crippen LogP contribution is -2.38. The molecular formula is C35H27FN6. The lowest BCUT2D eigenvalue weighted by Gasteiger charge is -2.37. The third-order valence-corrected chi connectivity index (χ3v) is 7.61. The average molecular weight is 551 g/mol. The SMILES string of the molecule is CCc1nc(-c2ccc3c(n2)c(-c2cccc(F)c2)nn3C(c2ccccc2)(c2ccccc2)c2ccccc2)n[nH]1. The summed E-state index contributed by atoms with van der Waals surface area (Å²) in [4.78, 5) is 9.67. The number of rotatable bonds is 7. The van der Waals surface area contributed by atoms with Crippen molar-refractivity contribution >= 4 is 11.0 Å². The molecule has 0 aliphatic carbocycles. The molecule has 3 aromatic heterocycles. The van der Waals surface area contributed by atoms with E-state index < -0.39 is 5.54 Å². The van der Waals surface area contributed by atoms with Crippen LogP contribution in [0.2, 0.25) is 0 Å². The van der Waals surface area contributed by atoms with Gasteiger partial charge in [-0.15, -0.1) is 0 Å². The molecule has 204 valence electrons. The van der Waals surface area contributed by atoms with E-state index in [2.05, 4.69) is 51.6 Å². The van der Waals surface area contributed by atoms with Crippen molar-refractivity contribution in [1.82, 2.24) is 29.9 Å². The number of nitrogens with one attached hydrogen (secondary N) is 1. The summed E-state index contributed by atoms with van der Waals surface area (Å²) < 4.78 is 16.6. The zero-order valence-electron chi connectivity index (χ0n) is 22.9. The van der Waals surface area contributed by atoms with Crippen LogP contribution >= 0.6 is 0 Å². The lowest BCUT2D eigenvalue weighted by molar-refractivity contribution is 0.477. The first-order valence-electron chi connectivity index (χ1n) is 13.9. The van der Waals surface area contributed by atoms with E-state index in [4.69, 9.17) is 10.1 Å². The highest BCUT2D eigenvalue weighted by Crippen LogP contribution is 2.43. The summed E-state index contributed by atoms with van der Waals surface area (Å²) in [5.74, 6) is 0.949. The molecule has 0 aliphatic rings. The standard InChI is InChI=1S/C35H27FN6/c1-2-31-38-34(40-39-31)29-21-22-30-33(37-29)32(24-13-12-20-28(36)23-24)41-42(30)35(25-14-6-3-7-15-25,26-16-8-4-9-17-26)27-18-10-5-11-19-27/h3-23H,2H2,1H3,(H,38,39,40). The molecule has 1 N–H and O–H groups in total. The molecule has 0 saturated carbocycles. The van der Waals surface area contributed by atoms with E-state index in [1.54, 1.807) is 6.07 Å². The molecule has 0 atom stereocenters. The van der Waals surface area contributed by atoms with Crippen molar-refractivity contribution in [2.45, 2.75) is 18.9 Å². The monoisotopic (exact) mass is 550 g/mol. The third-order valence-electron chi connectivity index (χ3n) is 7.61. The van der Waals surface area contributed by atoms with Gasteiger partial charge in [0.15, 0.2) is 5.82 Å². The van der Waals surface area contributed by atoms with Gasteiger partial charge in [-0.05, 0) is 41.0 Å². The highest BCUT2D eigenvalue weighted by Gasteiger charge is 2.41. The fourth-order valence-corrected chi connectivity index (χ4v) is 5.68. The van der Waals surface area contributed by atoms with Crippen LogP contribution in [-0.4, -0.2) is 29.9 Å². The number of nitrogens with zero attached hydrogens (tertiary/aromatic N) is 5. The summed E-state index contributed by atoms with van der Waals surface area (Å²) in [5, 5.41) is 12.7. The van der Waals surface area contributed by atoms with Crippen LogP contribution < -0.4 is 0 Å². The highest BCUT2D eigenvalue weighted by molar-refractivity contribution is 5.92. The van der Waals surface area contributed by atoms with Crippen molar-refractivity contribution in [2.75, 3.05) is 0 Å². The van der Waals surface area contributed by atoms with Gasteiger partial charge in [0.2, 0.25) is 0 Å². The number of hydrogen-bond donors (Lipinski definition) is 1. The fourth-order valence-electron chi connectivity index (χ4n) is 5.68. The zero-order chi connectivity index (χ0) is 28.5. The van der Waals surface area contributed by atoms with E-state index in [9.17, 15) is 4.39 Å². The van der Waals surface area contributed by atoms with Gasteiger partial charge >= 0.3 is 0 Å². The first-order chi connectivity index (χ1) is 20.7. The Balaban J connectivity index is 1.61. The van der Waals surface area contributed by atoms with Crippen LogP contribution in [0.4, 0.5) is 4.39 Å². The van der Waals surface area contributed by atoms with Gasteiger partial charge in [-0.25, -0.2) is 19.0 Å². The number of pyridine rings is 1. The molecule has 0 saturated heterocycles. The van der Waals surface area contributed by atoms with E-state index in [1.807, 2.05) is 84.4 Å². The van der Waals surface area contributed by atoms with Crippen molar-refractivity contribution in [3.05, 3.63) is 156 Å². The van der Waals surface area contributed by atoms with E-state index in [0.29, 0.717) is 28.3 Å². The van der Waals surface area contributed by atoms with E-state index in [1.165, 1.54) is 12.1 Å². The van der Waals surface area contributed by atoms with Gasteiger partial charge in [-0.3, -0.25) is 5.10 Å². The molecule has 0 bridgehead atoms. The van der Waals surface area contributed by atoms with Gasteiger partial charge in [-0.2, -0.15) is 10.2 Å². The van der Waals surface area contributed by atoms with Crippen LogP contribution in [0.3, 0.4) is 0 Å². The second-order valence-electron chi connectivity index (χ2n) is 10.1. The van der Waals surface area contributed by atoms with E-state index in [-0.39, 0.29) is 5.82 Å². The van der Waals surface area contributed by atoms with Crippen LogP contribution in [-0.2, 0) is 12.0 Å². The molecule has 4 aromatic carbocycles. The molecule has 3 heterocycles. The molecule has 7 heteroatoms. The quantitative estimate of drug-likeness (QED) is 0.210. The molecule has 42 heavy (non-hydrogen) atoms. The predicted molar refractivity (Wildman–Crippen MR) is 162 cm³/mol. The van der Waals surface area contributed by atoms with Gasteiger partial charge in [-0.1, -0.05) is 110 Å². The number of H-pyrrole nitrogens is 1. The largest absolute Gasteiger partial charge is 0.263 e. The minimum absolute atomic E-state index is 0.339.